The summed E-state index contributed by atoms with van der Waals surface area (Å²) in [6.07, 6.45) is 0.516. The van der Waals surface area contributed by atoms with E-state index in [1.54, 1.807) is 29.2 Å². The fraction of sp³-hybridized carbons (Fsp3) is 0.263. The molecule has 26 heavy (non-hydrogen) atoms. The topological polar surface area (TPSA) is 86.9 Å². The van der Waals surface area contributed by atoms with Gasteiger partial charge >= 0.3 is 12.0 Å². The number of carboxylic acids is 1. The van der Waals surface area contributed by atoms with Crippen LogP contribution in [0.25, 0.3) is 0 Å². The number of aliphatic carboxylic acids is 1. The third-order valence-corrected chi connectivity index (χ3v) is 4.45. The minimum atomic E-state index is -0.840. The highest BCUT2D eigenvalue weighted by atomic mass is 19.1. The average Bonchev–Trinajstić information content (AvgIpc) is 3.01. The first-order valence-electron chi connectivity index (χ1n) is 8.38. The number of amides is 2. The molecule has 1 heterocycles. The van der Waals surface area contributed by atoms with Gasteiger partial charge in [0.1, 0.15) is 5.82 Å². The van der Waals surface area contributed by atoms with Crippen LogP contribution in [-0.4, -0.2) is 30.2 Å². The van der Waals surface area contributed by atoms with Gasteiger partial charge in [-0.15, -0.1) is 0 Å². The number of rotatable bonds is 6. The van der Waals surface area contributed by atoms with Crippen LogP contribution in [0.1, 0.15) is 17.5 Å². The molecule has 2 aromatic carbocycles. The number of nitrogens with zero attached hydrogens (tertiary/aromatic N) is 2. The summed E-state index contributed by atoms with van der Waals surface area (Å²) < 4.78 is 14.0. The van der Waals surface area contributed by atoms with E-state index in [4.69, 9.17) is 10.8 Å². The summed E-state index contributed by atoms with van der Waals surface area (Å²) in [4.78, 5) is 26.5. The summed E-state index contributed by atoms with van der Waals surface area (Å²) in [5, 5.41) is 8.73. The zero-order chi connectivity index (χ0) is 18.7. The van der Waals surface area contributed by atoms with Crippen molar-refractivity contribution in [2.45, 2.75) is 19.4 Å². The van der Waals surface area contributed by atoms with E-state index in [-0.39, 0.29) is 19.0 Å². The standard InChI is InChI=1S/C19H20FN3O3/c20-17-11-16(7-4-14(17)12-21)23-10-9-22(19(23)26)15-5-1-13(2-6-15)3-8-18(24)25/h1-2,4-7,11H,3,8-10,12,21H2,(H,24,25). The Kier molecular flexibility index (Phi) is 5.18. The predicted octanol–water partition coefficient (Wildman–Crippen LogP) is 2.75. The molecule has 0 radical (unpaired) electrons. The molecule has 1 fully saturated rings. The van der Waals surface area contributed by atoms with Crippen molar-refractivity contribution in [2.24, 2.45) is 5.73 Å². The summed E-state index contributed by atoms with van der Waals surface area (Å²) >= 11 is 0. The number of hydrogen-bond acceptors (Lipinski definition) is 3. The van der Waals surface area contributed by atoms with Gasteiger partial charge in [0.2, 0.25) is 0 Å². The second-order valence-electron chi connectivity index (χ2n) is 6.13. The van der Waals surface area contributed by atoms with Crippen LogP contribution in [0.3, 0.4) is 0 Å². The van der Waals surface area contributed by atoms with E-state index in [9.17, 15) is 14.0 Å². The summed E-state index contributed by atoms with van der Waals surface area (Å²) in [6, 6.07) is 11.7. The van der Waals surface area contributed by atoms with Gasteiger partial charge in [-0.2, -0.15) is 0 Å². The number of aryl methyl sites for hydroxylation is 1. The zero-order valence-electron chi connectivity index (χ0n) is 14.2. The van der Waals surface area contributed by atoms with E-state index >= 15 is 0 Å². The first-order valence-corrected chi connectivity index (χ1v) is 8.38. The van der Waals surface area contributed by atoms with E-state index in [1.165, 1.54) is 11.0 Å². The Morgan fingerprint density at radius 1 is 1.08 bits per heavy atom. The Bertz CT molecular complexity index is 823. The number of hydrogen-bond donors (Lipinski definition) is 2. The Morgan fingerprint density at radius 2 is 1.69 bits per heavy atom. The molecular formula is C19H20FN3O3. The minimum absolute atomic E-state index is 0.0696. The third-order valence-electron chi connectivity index (χ3n) is 4.45. The zero-order valence-corrected chi connectivity index (χ0v) is 14.2. The third kappa shape index (κ3) is 3.67. The molecule has 0 aromatic heterocycles. The Balaban J connectivity index is 1.72. The molecule has 136 valence electrons. The van der Waals surface area contributed by atoms with Crippen molar-refractivity contribution in [1.82, 2.24) is 0 Å². The monoisotopic (exact) mass is 357 g/mol. The summed E-state index contributed by atoms with van der Waals surface area (Å²) in [6.45, 7) is 1.06. The quantitative estimate of drug-likeness (QED) is 0.832. The van der Waals surface area contributed by atoms with E-state index in [0.717, 1.165) is 11.3 Å². The summed E-state index contributed by atoms with van der Waals surface area (Å²) in [5.74, 6) is -1.26. The second-order valence-corrected chi connectivity index (χ2v) is 6.13. The van der Waals surface area contributed by atoms with Crippen LogP contribution in [0.2, 0.25) is 0 Å². The molecule has 0 aliphatic carbocycles. The molecule has 6 nitrogen and oxygen atoms in total. The number of carbonyl (C=O) groups excluding carboxylic acids is 1. The van der Waals surface area contributed by atoms with Gasteiger partial charge < -0.3 is 10.8 Å². The molecule has 3 N–H and O–H groups in total. The SMILES string of the molecule is NCc1ccc(N2CCN(c3ccc(CCC(=O)O)cc3)C2=O)cc1F. The number of anilines is 2. The molecule has 1 aliphatic heterocycles. The smallest absolute Gasteiger partial charge is 0.329 e. The number of benzene rings is 2. The van der Waals surface area contributed by atoms with Gasteiger partial charge in [0.25, 0.3) is 0 Å². The average molecular weight is 357 g/mol. The van der Waals surface area contributed by atoms with E-state index in [0.29, 0.717) is 30.8 Å². The molecule has 1 saturated heterocycles. The van der Waals surface area contributed by atoms with E-state index in [2.05, 4.69) is 0 Å². The van der Waals surface area contributed by atoms with Crippen LogP contribution in [0.15, 0.2) is 42.5 Å². The Labute approximate surface area is 150 Å². The van der Waals surface area contributed by atoms with Crippen molar-refractivity contribution in [3.05, 3.63) is 59.4 Å². The highest BCUT2D eigenvalue weighted by Gasteiger charge is 2.30. The molecule has 1 aliphatic rings. The van der Waals surface area contributed by atoms with Gasteiger partial charge in [0.05, 0.1) is 0 Å². The fourth-order valence-corrected chi connectivity index (χ4v) is 2.98. The van der Waals surface area contributed by atoms with Crippen LogP contribution in [0.4, 0.5) is 20.6 Å². The molecule has 0 saturated carbocycles. The first kappa shape index (κ1) is 17.9. The van der Waals surface area contributed by atoms with Crippen molar-refractivity contribution in [1.29, 1.82) is 0 Å². The van der Waals surface area contributed by atoms with Crippen molar-refractivity contribution >= 4 is 23.4 Å². The number of halogens is 1. The van der Waals surface area contributed by atoms with Crippen molar-refractivity contribution in [3.8, 4) is 0 Å². The largest absolute Gasteiger partial charge is 0.481 e. The van der Waals surface area contributed by atoms with Gasteiger partial charge in [-0.25, -0.2) is 9.18 Å². The molecule has 3 rings (SSSR count). The number of nitrogens with two attached hydrogens (primary N) is 1. The highest BCUT2D eigenvalue weighted by Crippen LogP contribution is 2.27. The highest BCUT2D eigenvalue weighted by molar-refractivity contribution is 6.06. The minimum Gasteiger partial charge on any atom is -0.481 e. The lowest BCUT2D eigenvalue weighted by molar-refractivity contribution is -0.136. The first-order chi connectivity index (χ1) is 12.5. The normalized spacial score (nSPS) is 14.2. The number of urea groups is 1. The van der Waals surface area contributed by atoms with Gasteiger partial charge in [-0.05, 0) is 36.2 Å². The second kappa shape index (κ2) is 7.53. The lowest BCUT2D eigenvalue weighted by Crippen LogP contribution is -2.31. The number of carbonyl (C=O) groups is 2. The molecule has 2 aromatic rings. The van der Waals surface area contributed by atoms with Gasteiger partial charge in [0, 0.05) is 43.0 Å². The molecule has 2 amide bonds. The van der Waals surface area contributed by atoms with Crippen LogP contribution in [0, 0.1) is 5.82 Å². The summed E-state index contributed by atoms with van der Waals surface area (Å²) in [5.41, 5.74) is 8.02. The van der Waals surface area contributed by atoms with Crippen LogP contribution in [0.5, 0.6) is 0 Å². The maximum Gasteiger partial charge on any atom is 0.329 e. The van der Waals surface area contributed by atoms with Gasteiger partial charge in [0.15, 0.2) is 0 Å². The fourth-order valence-electron chi connectivity index (χ4n) is 2.98. The van der Waals surface area contributed by atoms with Gasteiger partial charge in [-0.3, -0.25) is 14.6 Å². The lowest BCUT2D eigenvalue weighted by Gasteiger charge is -2.19. The van der Waals surface area contributed by atoms with Crippen LogP contribution < -0.4 is 15.5 Å². The lowest BCUT2D eigenvalue weighted by atomic mass is 10.1. The maximum absolute atomic E-state index is 14.0. The van der Waals surface area contributed by atoms with Crippen molar-refractivity contribution in [2.75, 3.05) is 22.9 Å². The molecule has 0 unspecified atom stereocenters. The van der Waals surface area contributed by atoms with Crippen molar-refractivity contribution < 1.29 is 19.1 Å². The van der Waals surface area contributed by atoms with Crippen LogP contribution in [-0.2, 0) is 17.8 Å². The van der Waals surface area contributed by atoms with E-state index in [1.807, 2.05) is 12.1 Å². The van der Waals surface area contributed by atoms with Crippen molar-refractivity contribution in [3.63, 3.8) is 0 Å². The predicted molar refractivity (Wildman–Crippen MR) is 96.8 cm³/mol. The molecule has 0 spiro atoms. The molecule has 0 bridgehead atoms. The Morgan fingerprint density at radius 3 is 2.27 bits per heavy atom. The van der Waals surface area contributed by atoms with Gasteiger partial charge in [-0.1, -0.05) is 18.2 Å². The Hall–Kier alpha value is -2.93. The molecular weight excluding hydrogens is 337 g/mol. The molecule has 7 heteroatoms. The maximum atomic E-state index is 14.0. The summed E-state index contributed by atoms with van der Waals surface area (Å²) in [7, 11) is 0. The van der Waals surface area contributed by atoms with E-state index < -0.39 is 11.8 Å². The van der Waals surface area contributed by atoms with Crippen LogP contribution >= 0.6 is 0 Å². The molecule has 0 atom stereocenters. The number of carboxylic acid groups (broad SMARTS) is 1.